The van der Waals surface area contributed by atoms with Crippen molar-refractivity contribution in [2.75, 3.05) is 33.0 Å². The first-order chi connectivity index (χ1) is 20.1. The highest BCUT2D eigenvalue weighted by Crippen LogP contribution is 2.40. The van der Waals surface area contributed by atoms with E-state index >= 15 is 0 Å². The van der Waals surface area contributed by atoms with Crippen molar-refractivity contribution in [2.24, 2.45) is 11.8 Å². The van der Waals surface area contributed by atoms with Crippen molar-refractivity contribution in [1.82, 2.24) is 4.90 Å². The quantitative estimate of drug-likeness (QED) is 0.266. The number of likely N-dealkylation sites (tertiary alicyclic amines) is 1. The highest BCUT2D eigenvalue weighted by atomic mass is 16.6. The van der Waals surface area contributed by atoms with Crippen molar-refractivity contribution in [1.29, 1.82) is 0 Å². The number of nitrogens with zero attached hydrogens (tertiary/aromatic N) is 1. The van der Waals surface area contributed by atoms with Gasteiger partial charge in [0.25, 0.3) is 0 Å². The first-order valence-electron chi connectivity index (χ1n) is 15.5. The fraction of sp³-hybridized carbons (Fsp3) is 0.667. The summed E-state index contributed by atoms with van der Waals surface area (Å²) < 4.78 is 27.9. The molecule has 0 unspecified atom stereocenters. The van der Waals surface area contributed by atoms with Crippen LogP contribution in [-0.4, -0.2) is 73.5 Å². The number of fused-ring (bicyclic) bond motifs is 1. The van der Waals surface area contributed by atoms with Gasteiger partial charge in [0.05, 0.1) is 19.3 Å². The van der Waals surface area contributed by atoms with Crippen LogP contribution in [0.3, 0.4) is 0 Å². The van der Waals surface area contributed by atoms with Crippen molar-refractivity contribution < 1.29 is 37.7 Å². The third kappa shape index (κ3) is 8.34. The molecule has 2 fully saturated rings. The van der Waals surface area contributed by atoms with E-state index in [1.54, 1.807) is 17.0 Å². The number of Topliss-reactive ketones (excluding diaryl/α,β-unsaturated/α-hetero) is 1. The Balaban J connectivity index is 1.49. The summed E-state index contributed by atoms with van der Waals surface area (Å²) in [4.78, 5) is 41.6. The summed E-state index contributed by atoms with van der Waals surface area (Å²) in [5.74, 6) is 0.0920. The molecule has 9 heteroatoms. The minimum absolute atomic E-state index is 0.0195. The molecule has 9 nitrogen and oxygen atoms in total. The molecule has 2 aliphatic rings. The zero-order chi connectivity index (χ0) is 30.3. The second-order valence-corrected chi connectivity index (χ2v) is 12.4. The van der Waals surface area contributed by atoms with E-state index in [1.165, 1.54) is 19.3 Å². The van der Waals surface area contributed by atoms with Crippen molar-refractivity contribution >= 4 is 28.8 Å². The second-order valence-electron chi connectivity index (χ2n) is 12.4. The molecule has 0 N–H and O–H groups in total. The molecule has 0 spiro atoms. The molecule has 232 valence electrons. The zero-order valence-corrected chi connectivity index (χ0v) is 25.8. The number of hydrogen-bond acceptors (Lipinski definition) is 8. The highest BCUT2D eigenvalue weighted by molar-refractivity contribution is 5.94. The van der Waals surface area contributed by atoms with Crippen LogP contribution in [-0.2, 0) is 30.2 Å². The molecule has 1 saturated carbocycles. The molecule has 1 amide bonds. The lowest BCUT2D eigenvalue weighted by atomic mass is 9.75. The lowest BCUT2D eigenvalue weighted by Gasteiger charge is -2.34. The van der Waals surface area contributed by atoms with Gasteiger partial charge in [-0.25, -0.2) is 9.59 Å². The van der Waals surface area contributed by atoms with E-state index in [-0.39, 0.29) is 37.1 Å². The molecule has 2 heterocycles. The Morgan fingerprint density at radius 3 is 2.31 bits per heavy atom. The van der Waals surface area contributed by atoms with E-state index in [0.717, 1.165) is 24.8 Å². The number of amides is 1. The van der Waals surface area contributed by atoms with E-state index in [0.29, 0.717) is 36.6 Å². The number of furan rings is 1. The van der Waals surface area contributed by atoms with E-state index in [9.17, 15) is 14.4 Å². The molecule has 2 atom stereocenters. The smallest absolute Gasteiger partial charge is 0.410 e. The van der Waals surface area contributed by atoms with E-state index in [2.05, 4.69) is 0 Å². The Bertz CT molecular complexity index is 1200. The summed E-state index contributed by atoms with van der Waals surface area (Å²) in [6.45, 7) is 11.3. The van der Waals surface area contributed by atoms with Gasteiger partial charge < -0.3 is 23.4 Å². The van der Waals surface area contributed by atoms with Gasteiger partial charge in [0, 0.05) is 31.6 Å². The minimum Gasteiger partial charge on any atom is -0.452 e. The first kappa shape index (κ1) is 32.0. The predicted molar refractivity (Wildman–Crippen MR) is 159 cm³/mol. The third-order valence-corrected chi connectivity index (χ3v) is 8.11. The highest BCUT2D eigenvalue weighted by Gasteiger charge is 2.46. The van der Waals surface area contributed by atoms with Crippen LogP contribution < -0.4 is 0 Å². The molecule has 4 rings (SSSR count). The second kappa shape index (κ2) is 14.5. The largest absolute Gasteiger partial charge is 0.452 e. The molecule has 1 aromatic carbocycles. The summed E-state index contributed by atoms with van der Waals surface area (Å²) in [5, 5.41) is 0.706. The van der Waals surface area contributed by atoms with Crippen LogP contribution in [0.4, 0.5) is 4.79 Å². The molecular weight excluding hydrogens is 538 g/mol. The lowest BCUT2D eigenvalue weighted by Crippen LogP contribution is -2.47. The molecule has 1 aliphatic heterocycles. The van der Waals surface area contributed by atoms with E-state index in [4.69, 9.17) is 23.4 Å². The molecule has 0 bridgehead atoms. The van der Waals surface area contributed by atoms with Crippen LogP contribution in [0.5, 0.6) is 0 Å². The molecular formula is C33H47NO8. The summed E-state index contributed by atoms with van der Waals surface area (Å²) in [6, 6.07) is 6.62. The number of ketones is 1. The number of benzene rings is 1. The Hall–Kier alpha value is -2.91. The maximum absolute atomic E-state index is 13.9. The molecule has 0 radical (unpaired) electrons. The van der Waals surface area contributed by atoms with Gasteiger partial charge in [-0.1, -0.05) is 38.2 Å². The van der Waals surface area contributed by atoms with Gasteiger partial charge >= 0.3 is 12.1 Å². The number of esters is 1. The normalized spacial score (nSPS) is 19.9. The number of ether oxygens (including phenoxy) is 4. The van der Waals surface area contributed by atoms with Gasteiger partial charge in [0.1, 0.15) is 17.3 Å². The van der Waals surface area contributed by atoms with E-state index < -0.39 is 29.8 Å². The van der Waals surface area contributed by atoms with Gasteiger partial charge in [-0.3, -0.25) is 9.69 Å². The monoisotopic (exact) mass is 585 g/mol. The molecule has 1 aromatic heterocycles. The fourth-order valence-corrected chi connectivity index (χ4v) is 6.24. The zero-order valence-electron chi connectivity index (χ0n) is 25.8. The average Bonchev–Trinajstić information content (AvgIpc) is 3.59. The van der Waals surface area contributed by atoms with E-state index in [1.807, 2.05) is 46.8 Å². The molecule has 2 aromatic rings. The Kier molecular flexibility index (Phi) is 11.1. The van der Waals surface area contributed by atoms with Gasteiger partial charge in [-0.15, -0.1) is 0 Å². The van der Waals surface area contributed by atoms with Crippen LogP contribution in [0.2, 0.25) is 0 Å². The lowest BCUT2D eigenvalue weighted by molar-refractivity contribution is -0.124. The maximum Gasteiger partial charge on any atom is 0.410 e. The summed E-state index contributed by atoms with van der Waals surface area (Å²) in [5.41, 5.74) is 0.697. The SMILES string of the molecule is CCOCC(COCC)OC(=O)c1cc2cc(CC(=O)[C@@H]3[C@H](C4CCCCC4)CCN3C(=O)OC(C)(C)C)ccc2o1. The van der Waals surface area contributed by atoms with Crippen LogP contribution >= 0.6 is 0 Å². The number of rotatable bonds is 12. The Morgan fingerprint density at radius 1 is 0.976 bits per heavy atom. The Morgan fingerprint density at radius 2 is 1.67 bits per heavy atom. The third-order valence-electron chi connectivity index (χ3n) is 8.11. The fourth-order valence-electron chi connectivity index (χ4n) is 6.24. The Labute approximate surface area is 249 Å². The maximum atomic E-state index is 13.9. The topological polar surface area (TPSA) is 105 Å². The van der Waals surface area contributed by atoms with Crippen LogP contribution in [0, 0.1) is 11.8 Å². The molecule has 1 saturated heterocycles. The molecule has 1 aliphatic carbocycles. The predicted octanol–water partition coefficient (Wildman–Crippen LogP) is 6.35. The van der Waals surface area contributed by atoms with Gasteiger partial charge in [-0.05, 0) is 76.6 Å². The average molecular weight is 586 g/mol. The van der Waals surface area contributed by atoms with Crippen LogP contribution in [0.15, 0.2) is 28.7 Å². The van der Waals surface area contributed by atoms with Gasteiger partial charge in [0.15, 0.2) is 5.78 Å². The summed E-state index contributed by atoms with van der Waals surface area (Å²) in [6.07, 6.45) is 5.83. The van der Waals surface area contributed by atoms with Crippen molar-refractivity contribution in [3.63, 3.8) is 0 Å². The summed E-state index contributed by atoms with van der Waals surface area (Å²) >= 11 is 0. The number of hydrogen-bond donors (Lipinski definition) is 0. The van der Waals surface area contributed by atoms with Crippen molar-refractivity contribution in [3.8, 4) is 0 Å². The van der Waals surface area contributed by atoms with Crippen molar-refractivity contribution in [3.05, 3.63) is 35.6 Å². The standard InChI is InChI=1S/C33H47NO8/c1-6-38-20-25(21-39-7-2)40-31(36)29-19-24-17-22(13-14-28(24)41-29)18-27(35)30-26(23-11-9-8-10-12-23)15-16-34(30)32(37)42-33(3,4)5/h13-14,17,19,23,25-26,30H,6-12,15-16,18,20-21H2,1-5H3/t26-,30-/m0/s1. The molecule has 42 heavy (non-hydrogen) atoms. The number of carbonyl (C=O) groups is 3. The first-order valence-corrected chi connectivity index (χ1v) is 15.5. The van der Waals surface area contributed by atoms with Crippen LogP contribution in [0.1, 0.15) is 89.3 Å². The van der Waals surface area contributed by atoms with Crippen molar-refractivity contribution in [2.45, 2.75) is 97.3 Å². The number of carbonyl (C=O) groups excluding carboxylic acids is 3. The van der Waals surface area contributed by atoms with Gasteiger partial charge in [0.2, 0.25) is 5.76 Å². The van der Waals surface area contributed by atoms with Gasteiger partial charge in [-0.2, -0.15) is 0 Å². The summed E-state index contributed by atoms with van der Waals surface area (Å²) in [7, 11) is 0. The minimum atomic E-state index is -0.634. The van der Waals surface area contributed by atoms with Crippen LogP contribution in [0.25, 0.3) is 11.0 Å².